The van der Waals surface area contributed by atoms with Crippen molar-refractivity contribution in [1.29, 1.82) is 0 Å². The van der Waals surface area contributed by atoms with Crippen LogP contribution in [0.4, 0.5) is 0 Å². The molecule has 144 valence electrons. The molecule has 2 aromatic carbocycles. The summed E-state index contributed by atoms with van der Waals surface area (Å²) in [5, 5.41) is 9.09. The van der Waals surface area contributed by atoms with Crippen LogP contribution in [0.25, 0.3) is 0 Å². The highest BCUT2D eigenvalue weighted by atomic mass is 32.2. The zero-order valence-corrected chi connectivity index (χ0v) is 16.1. The van der Waals surface area contributed by atoms with E-state index in [0.717, 1.165) is 16.7 Å². The number of piperazine rings is 1. The first kappa shape index (κ1) is 19.5. The summed E-state index contributed by atoms with van der Waals surface area (Å²) in [7, 11) is -3.18. The minimum Gasteiger partial charge on any atom is -0.481 e. The van der Waals surface area contributed by atoms with E-state index in [1.54, 1.807) is 0 Å². The molecule has 0 radical (unpaired) electrons. The van der Waals surface area contributed by atoms with Gasteiger partial charge in [0.2, 0.25) is 10.0 Å². The molecule has 1 atom stereocenters. The van der Waals surface area contributed by atoms with Crippen molar-refractivity contribution < 1.29 is 18.3 Å². The van der Waals surface area contributed by atoms with Gasteiger partial charge >= 0.3 is 5.97 Å². The van der Waals surface area contributed by atoms with E-state index in [4.69, 9.17) is 5.11 Å². The lowest BCUT2D eigenvalue weighted by Crippen LogP contribution is -2.49. The Morgan fingerprint density at radius 3 is 2.22 bits per heavy atom. The predicted molar refractivity (Wildman–Crippen MR) is 104 cm³/mol. The molecular formula is C20H24N2O4S. The van der Waals surface area contributed by atoms with Gasteiger partial charge < -0.3 is 5.11 Å². The first-order valence-corrected chi connectivity index (χ1v) is 10.7. The number of rotatable bonds is 6. The quantitative estimate of drug-likeness (QED) is 0.819. The van der Waals surface area contributed by atoms with Crippen molar-refractivity contribution in [1.82, 2.24) is 9.21 Å². The number of carboxylic acid groups (broad SMARTS) is 1. The molecule has 1 unspecified atom stereocenters. The van der Waals surface area contributed by atoms with Crippen LogP contribution in [0.5, 0.6) is 0 Å². The topological polar surface area (TPSA) is 77.9 Å². The van der Waals surface area contributed by atoms with Gasteiger partial charge in [-0.2, -0.15) is 4.31 Å². The first-order chi connectivity index (χ1) is 12.8. The van der Waals surface area contributed by atoms with Gasteiger partial charge in [-0.25, -0.2) is 8.42 Å². The molecule has 0 bridgehead atoms. The van der Waals surface area contributed by atoms with E-state index in [1.165, 1.54) is 10.6 Å². The second kappa shape index (κ2) is 8.21. The van der Waals surface area contributed by atoms with Crippen LogP contribution < -0.4 is 0 Å². The minimum absolute atomic E-state index is 0.0167. The summed E-state index contributed by atoms with van der Waals surface area (Å²) in [6.45, 7) is 2.15. The highest BCUT2D eigenvalue weighted by Gasteiger charge is 2.29. The molecule has 0 spiro atoms. The highest BCUT2D eigenvalue weighted by Crippen LogP contribution is 2.30. The first-order valence-electron chi connectivity index (χ1n) is 8.89. The molecule has 6 nitrogen and oxygen atoms in total. The lowest BCUT2D eigenvalue weighted by atomic mass is 9.94. The van der Waals surface area contributed by atoms with E-state index in [1.807, 2.05) is 42.5 Å². The third kappa shape index (κ3) is 4.94. The van der Waals surface area contributed by atoms with Crippen molar-refractivity contribution in [2.75, 3.05) is 32.4 Å². The van der Waals surface area contributed by atoms with Gasteiger partial charge in [0.25, 0.3) is 0 Å². The minimum atomic E-state index is -3.18. The maximum absolute atomic E-state index is 11.8. The normalized spacial score (nSPS) is 17.5. The lowest BCUT2D eigenvalue weighted by Gasteiger charge is -2.39. The fourth-order valence-corrected chi connectivity index (χ4v) is 4.42. The van der Waals surface area contributed by atoms with Crippen molar-refractivity contribution in [2.24, 2.45) is 0 Å². The van der Waals surface area contributed by atoms with E-state index in [2.05, 4.69) is 17.0 Å². The number of nitrogens with zero attached hydrogens (tertiary/aromatic N) is 2. The summed E-state index contributed by atoms with van der Waals surface area (Å²) in [6, 6.07) is 17.6. The van der Waals surface area contributed by atoms with E-state index in [0.29, 0.717) is 26.2 Å². The monoisotopic (exact) mass is 388 g/mol. The molecule has 27 heavy (non-hydrogen) atoms. The number of hydrogen-bond acceptors (Lipinski definition) is 4. The van der Waals surface area contributed by atoms with E-state index < -0.39 is 16.0 Å². The van der Waals surface area contributed by atoms with Gasteiger partial charge in [-0.3, -0.25) is 9.69 Å². The van der Waals surface area contributed by atoms with Crippen molar-refractivity contribution >= 4 is 16.0 Å². The Morgan fingerprint density at radius 1 is 1.00 bits per heavy atom. The van der Waals surface area contributed by atoms with Gasteiger partial charge in [0.1, 0.15) is 0 Å². The molecule has 0 amide bonds. The zero-order chi connectivity index (χ0) is 19.4. The fourth-order valence-electron chi connectivity index (χ4n) is 3.59. The number of hydrogen-bond donors (Lipinski definition) is 1. The number of benzene rings is 2. The van der Waals surface area contributed by atoms with Crippen LogP contribution in [-0.4, -0.2) is 61.1 Å². The summed E-state index contributed by atoms with van der Waals surface area (Å²) in [5.74, 6) is -0.856. The molecule has 1 aliphatic heterocycles. The molecule has 1 fully saturated rings. The second-order valence-electron chi connectivity index (χ2n) is 6.83. The Kier molecular flexibility index (Phi) is 5.94. The number of sulfonamides is 1. The molecule has 1 aliphatic rings. The van der Waals surface area contributed by atoms with Crippen LogP contribution in [0, 0.1) is 0 Å². The average molecular weight is 388 g/mol. The van der Waals surface area contributed by atoms with Crippen molar-refractivity contribution in [2.45, 2.75) is 12.5 Å². The SMILES string of the molecule is CS(=O)(=O)N1CCN(C(c2ccccc2)c2cccc(CC(=O)O)c2)CC1. The third-order valence-electron chi connectivity index (χ3n) is 4.84. The number of aliphatic carboxylic acids is 1. The van der Waals surface area contributed by atoms with Crippen LogP contribution >= 0.6 is 0 Å². The van der Waals surface area contributed by atoms with Crippen LogP contribution in [-0.2, 0) is 21.2 Å². The van der Waals surface area contributed by atoms with Crippen LogP contribution in [0.1, 0.15) is 22.7 Å². The molecule has 1 saturated heterocycles. The largest absolute Gasteiger partial charge is 0.481 e. The van der Waals surface area contributed by atoms with E-state index >= 15 is 0 Å². The van der Waals surface area contributed by atoms with Gasteiger partial charge in [-0.1, -0.05) is 54.6 Å². The van der Waals surface area contributed by atoms with Crippen molar-refractivity contribution in [3.8, 4) is 0 Å². The predicted octanol–water partition coefficient (Wildman–Crippen LogP) is 1.98. The summed E-state index contributed by atoms with van der Waals surface area (Å²) in [6.07, 6.45) is 1.23. The average Bonchev–Trinajstić information content (AvgIpc) is 2.62. The second-order valence-corrected chi connectivity index (χ2v) is 8.81. The fraction of sp³-hybridized carbons (Fsp3) is 0.350. The standard InChI is InChI=1S/C20H24N2O4S/c1-27(25,26)22-12-10-21(11-13-22)20(17-7-3-2-4-8-17)18-9-5-6-16(14-18)15-19(23)24/h2-9,14,20H,10-13,15H2,1H3,(H,23,24). The number of carboxylic acids is 1. The molecule has 1 heterocycles. The van der Waals surface area contributed by atoms with Gasteiger partial charge in [0, 0.05) is 26.2 Å². The van der Waals surface area contributed by atoms with Gasteiger partial charge in [-0.15, -0.1) is 0 Å². The van der Waals surface area contributed by atoms with Crippen molar-refractivity contribution in [3.63, 3.8) is 0 Å². The maximum atomic E-state index is 11.8. The number of carbonyl (C=O) groups is 1. The van der Waals surface area contributed by atoms with Crippen LogP contribution in [0.3, 0.4) is 0 Å². The Balaban J connectivity index is 1.91. The lowest BCUT2D eigenvalue weighted by molar-refractivity contribution is -0.136. The van der Waals surface area contributed by atoms with Gasteiger partial charge in [0.05, 0.1) is 18.7 Å². The summed E-state index contributed by atoms with van der Waals surface area (Å²) in [4.78, 5) is 13.3. The molecule has 0 saturated carbocycles. The Bertz CT molecular complexity index is 891. The molecule has 0 aromatic heterocycles. The summed E-state index contributed by atoms with van der Waals surface area (Å²) < 4.78 is 25.1. The zero-order valence-electron chi connectivity index (χ0n) is 15.3. The Morgan fingerprint density at radius 2 is 1.63 bits per heavy atom. The summed E-state index contributed by atoms with van der Waals surface area (Å²) >= 11 is 0. The summed E-state index contributed by atoms with van der Waals surface area (Å²) in [5.41, 5.74) is 2.89. The molecule has 1 N–H and O–H groups in total. The maximum Gasteiger partial charge on any atom is 0.307 e. The highest BCUT2D eigenvalue weighted by molar-refractivity contribution is 7.88. The molecule has 0 aliphatic carbocycles. The van der Waals surface area contributed by atoms with Crippen molar-refractivity contribution in [3.05, 3.63) is 71.3 Å². The van der Waals surface area contributed by atoms with Crippen LogP contribution in [0.2, 0.25) is 0 Å². The molecule has 2 aromatic rings. The molecule has 3 rings (SSSR count). The smallest absolute Gasteiger partial charge is 0.307 e. The molecule has 7 heteroatoms. The van der Waals surface area contributed by atoms with E-state index in [-0.39, 0.29) is 12.5 Å². The third-order valence-corrected chi connectivity index (χ3v) is 6.15. The Labute approximate surface area is 160 Å². The van der Waals surface area contributed by atoms with Gasteiger partial charge in [-0.05, 0) is 16.7 Å². The van der Waals surface area contributed by atoms with Crippen LogP contribution in [0.15, 0.2) is 54.6 Å². The van der Waals surface area contributed by atoms with E-state index in [9.17, 15) is 13.2 Å². The van der Waals surface area contributed by atoms with Gasteiger partial charge in [0.15, 0.2) is 0 Å². The molecular weight excluding hydrogens is 364 g/mol. The Hall–Kier alpha value is -2.22.